The van der Waals surface area contributed by atoms with Crippen LogP contribution in [-0.2, 0) is 9.59 Å². The SMILES string of the molecule is CCC(C(N)=O)N1CC(c2ccc3c(c2)OCO3)CC1=O. The lowest BCUT2D eigenvalue weighted by Crippen LogP contribution is -2.45. The number of amides is 2. The van der Waals surface area contributed by atoms with Gasteiger partial charge in [-0.1, -0.05) is 13.0 Å². The minimum Gasteiger partial charge on any atom is -0.454 e. The van der Waals surface area contributed by atoms with Crippen LogP contribution in [0.5, 0.6) is 11.5 Å². The van der Waals surface area contributed by atoms with Crippen LogP contribution in [0.25, 0.3) is 0 Å². The summed E-state index contributed by atoms with van der Waals surface area (Å²) in [6.45, 7) is 2.60. The van der Waals surface area contributed by atoms with Crippen molar-refractivity contribution in [2.75, 3.05) is 13.3 Å². The van der Waals surface area contributed by atoms with Gasteiger partial charge in [0, 0.05) is 18.9 Å². The van der Waals surface area contributed by atoms with E-state index in [1.165, 1.54) is 0 Å². The Bertz CT molecular complexity index is 587. The molecule has 2 aliphatic rings. The average Bonchev–Trinajstić information content (AvgIpc) is 3.05. The Labute approximate surface area is 122 Å². The van der Waals surface area contributed by atoms with Gasteiger partial charge >= 0.3 is 0 Å². The van der Waals surface area contributed by atoms with Gasteiger partial charge < -0.3 is 20.1 Å². The molecule has 0 aliphatic carbocycles. The summed E-state index contributed by atoms with van der Waals surface area (Å²) in [6, 6.07) is 5.20. The standard InChI is InChI=1S/C15H18N2O4/c1-2-11(15(16)19)17-7-10(6-14(17)18)9-3-4-12-13(5-9)21-8-20-12/h3-5,10-11H,2,6-8H2,1H3,(H2,16,19). The van der Waals surface area contributed by atoms with Crippen molar-refractivity contribution in [2.24, 2.45) is 5.73 Å². The Morgan fingerprint density at radius 3 is 2.90 bits per heavy atom. The number of benzene rings is 1. The number of rotatable bonds is 4. The predicted octanol–water partition coefficient (Wildman–Crippen LogP) is 0.995. The van der Waals surface area contributed by atoms with E-state index in [-0.39, 0.29) is 18.6 Å². The summed E-state index contributed by atoms with van der Waals surface area (Å²) in [4.78, 5) is 25.2. The zero-order chi connectivity index (χ0) is 15.0. The van der Waals surface area contributed by atoms with Gasteiger partial charge in [0.05, 0.1) is 0 Å². The van der Waals surface area contributed by atoms with Crippen LogP contribution >= 0.6 is 0 Å². The highest BCUT2D eigenvalue weighted by atomic mass is 16.7. The molecule has 0 radical (unpaired) electrons. The van der Waals surface area contributed by atoms with Crippen molar-refractivity contribution in [3.05, 3.63) is 23.8 Å². The van der Waals surface area contributed by atoms with Crippen LogP contribution in [0.4, 0.5) is 0 Å². The molecule has 3 rings (SSSR count). The summed E-state index contributed by atoms with van der Waals surface area (Å²) in [5, 5.41) is 0. The first kappa shape index (κ1) is 13.7. The lowest BCUT2D eigenvalue weighted by atomic mass is 9.98. The topological polar surface area (TPSA) is 81.9 Å². The molecule has 0 aromatic heterocycles. The monoisotopic (exact) mass is 290 g/mol. The molecule has 0 saturated carbocycles. The zero-order valence-electron chi connectivity index (χ0n) is 11.9. The van der Waals surface area contributed by atoms with Crippen molar-refractivity contribution in [1.82, 2.24) is 4.90 Å². The Balaban J connectivity index is 1.79. The molecule has 0 spiro atoms. The van der Waals surface area contributed by atoms with Crippen LogP contribution in [0.3, 0.4) is 0 Å². The third-order valence-corrected chi connectivity index (χ3v) is 4.12. The van der Waals surface area contributed by atoms with Gasteiger partial charge in [-0.2, -0.15) is 0 Å². The summed E-state index contributed by atoms with van der Waals surface area (Å²) >= 11 is 0. The van der Waals surface area contributed by atoms with Gasteiger partial charge in [0.1, 0.15) is 6.04 Å². The van der Waals surface area contributed by atoms with Gasteiger partial charge in [0.25, 0.3) is 0 Å². The van der Waals surface area contributed by atoms with E-state index < -0.39 is 11.9 Å². The molecular weight excluding hydrogens is 272 g/mol. The van der Waals surface area contributed by atoms with Crippen LogP contribution in [0.1, 0.15) is 31.2 Å². The van der Waals surface area contributed by atoms with Crippen LogP contribution < -0.4 is 15.2 Å². The van der Waals surface area contributed by atoms with Crippen LogP contribution in [0.15, 0.2) is 18.2 Å². The Morgan fingerprint density at radius 1 is 1.43 bits per heavy atom. The fourth-order valence-electron chi connectivity index (χ4n) is 3.00. The molecule has 2 atom stereocenters. The van der Waals surface area contributed by atoms with Crippen molar-refractivity contribution in [1.29, 1.82) is 0 Å². The second kappa shape index (κ2) is 5.27. The zero-order valence-corrected chi connectivity index (χ0v) is 11.9. The molecule has 1 fully saturated rings. The van der Waals surface area contributed by atoms with E-state index in [9.17, 15) is 9.59 Å². The van der Waals surface area contributed by atoms with Crippen molar-refractivity contribution in [2.45, 2.75) is 31.7 Å². The van der Waals surface area contributed by atoms with Gasteiger partial charge in [0.15, 0.2) is 11.5 Å². The summed E-state index contributed by atoms with van der Waals surface area (Å²) in [6.07, 6.45) is 0.929. The fourth-order valence-corrected chi connectivity index (χ4v) is 3.00. The number of carbonyl (C=O) groups excluding carboxylic acids is 2. The first-order chi connectivity index (χ1) is 10.1. The van der Waals surface area contributed by atoms with E-state index in [4.69, 9.17) is 15.2 Å². The number of primary amides is 1. The average molecular weight is 290 g/mol. The Kier molecular flexibility index (Phi) is 3.45. The number of ether oxygens (including phenoxy) is 2. The number of fused-ring (bicyclic) bond motifs is 1. The van der Waals surface area contributed by atoms with Gasteiger partial charge in [-0.25, -0.2) is 0 Å². The maximum atomic E-state index is 12.2. The summed E-state index contributed by atoms with van der Waals surface area (Å²) in [7, 11) is 0. The molecule has 2 N–H and O–H groups in total. The van der Waals surface area contributed by atoms with Crippen LogP contribution in [-0.4, -0.2) is 36.1 Å². The first-order valence-corrected chi connectivity index (χ1v) is 7.08. The molecule has 21 heavy (non-hydrogen) atoms. The van der Waals surface area contributed by atoms with Gasteiger partial charge in [-0.05, 0) is 24.1 Å². The number of nitrogens with two attached hydrogens (primary N) is 1. The third kappa shape index (κ3) is 2.41. The van der Waals surface area contributed by atoms with Crippen molar-refractivity contribution in [3.63, 3.8) is 0 Å². The van der Waals surface area contributed by atoms with Gasteiger partial charge in [-0.15, -0.1) is 0 Å². The molecule has 2 unspecified atom stereocenters. The maximum Gasteiger partial charge on any atom is 0.240 e. The predicted molar refractivity (Wildman–Crippen MR) is 74.9 cm³/mol. The van der Waals surface area contributed by atoms with E-state index in [1.54, 1.807) is 4.90 Å². The Morgan fingerprint density at radius 2 is 2.19 bits per heavy atom. The van der Waals surface area contributed by atoms with Crippen LogP contribution in [0.2, 0.25) is 0 Å². The highest BCUT2D eigenvalue weighted by Gasteiger charge is 2.37. The number of carbonyl (C=O) groups is 2. The van der Waals surface area contributed by atoms with Gasteiger partial charge in [-0.3, -0.25) is 9.59 Å². The first-order valence-electron chi connectivity index (χ1n) is 7.08. The van der Waals surface area contributed by atoms with Crippen LogP contribution in [0, 0.1) is 0 Å². The number of hydrogen-bond acceptors (Lipinski definition) is 4. The minimum atomic E-state index is -0.517. The van der Waals surface area contributed by atoms with E-state index in [0.29, 0.717) is 25.1 Å². The molecule has 6 heteroatoms. The summed E-state index contributed by atoms with van der Waals surface area (Å²) in [5.74, 6) is 1.02. The Hall–Kier alpha value is -2.24. The minimum absolute atomic E-state index is 0.0247. The van der Waals surface area contributed by atoms with Crippen molar-refractivity contribution in [3.8, 4) is 11.5 Å². The molecule has 112 valence electrons. The van der Waals surface area contributed by atoms with E-state index >= 15 is 0 Å². The molecule has 0 bridgehead atoms. The molecule has 6 nitrogen and oxygen atoms in total. The van der Waals surface area contributed by atoms with Crippen molar-refractivity contribution >= 4 is 11.8 Å². The van der Waals surface area contributed by atoms with E-state index in [1.807, 2.05) is 25.1 Å². The largest absolute Gasteiger partial charge is 0.454 e. The summed E-state index contributed by atoms with van der Waals surface area (Å²) < 4.78 is 10.6. The van der Waals surface area contributed by atoms with E-state index in [0.717, 1.165) is 11.3 Å². The third-order valence-electron chi connectivity index (χ3n) is 4.12. The lowest BCUT2D eigenvalue weighted by Gasteiger charge is -2.24. The fraction of sp³-hybridized carbons (Fsp3) is 0.467. The quantitative estimate of drug-likeness (QED) is 0.896. The molecular formula is C15H18N2O4. The highest BCUT2D eigenvalue weighted by molar-refractivity contribution is 5.88. The number of likely N-dealkylation sites (tertiary alicyclic amines) is 1. The maximum absolute atomic E-state index is 12.2. The molecule has 1 aromatic rings. The molecule has 2 aliphatic heterocycles. The molecule has 2 heterocycles. The molecule has 1 saturated heterocycles. The number of hydrogen-bond donors (Lipinski definition) is 1. The van der Waals surface area contributed by atoms with Gasteiger partial charge in [0.2, 0.25) is 18.6 Å². The second-order valence-electron chi connectivity index (χ2n) is 5.39. The number of nitrogens with zero attached hydrogens (tertiary/aromatic N) is 1. The lowest BCUT2D eigenvalue weighted by molar-refractivity contribution is -0.136. The molecule has 2 amide bonds. The summed E-state index contributed by atoms with van der Waals surface area (Å²) in [5.41, 5.74) is 6.40. The van der Waals surface area contributed by atoms with Crippen molar-refractivity contribution < 1.29 is 19.1 Å². The highest BCUT2D eigenvalue weighted by Crippen LogP contribution is 2.37. The normalized spacial score (nSPS) is 21.7. The van der Waals surface area contributed by atoms with E-state index in [2.05, 4.69) is 0 Å². The second-order valence-corrected chi connectivity index (χ2v) is 5.39. The molecule has 1 aromatic carbocycles. The smallest absolute Gasteiger partial charge is 0.240 e.